The van der Waals surface area contributed by atoms with Crippen LogP contribution in [0.25, 0.3) is 27.9 Å². The smallest absolute Gasteiger partial charge is 0.255 e. The molecule has 0 aliphatic carbocycles. The number of nitrogens with zero attached hydrogens (tertiary/aromatic N) is 1. The van der Waals surface area contributed by atoms with Gasteiger partial charge in [-0.2, -0.15) is 0 Å². The Balaban J connectivity index is 1.83. The number of aromatic nitrogens is 1. The van der Waals surface area contributed by atoms with Crippen LogP contribution < -0.4 is 0 Å². The average molecular weight is 366 g/mol. The number of carbonyl (C=O) groups excluding carboxylic acids is 1. The summed E-state index contributed by atoms with van der Waals surface area (Å²) in [7, 11) is 0. The third-order valence-corrected chi connectivity index (χ3v) is 4.73. The molecule has 0 N–H and O–H groups in total. The first-order valence-corrected chi connectivity index (χ1v) is 8.56. The van der Waals surface area contributed by atoms with Gasteiger partial charge >= 0.3 is 0 Å². The fourth-order valence-corrected chi connectivity index (χ4v) is 3.50. The molecule has 4 aromatic rings. The Morgan fingerprint density at radius 1 is 0.840 bits per heavy atom. The number of halogens is 2. The van der Waals surface area contributed by atoms with E-state index in [1.165, 1.54) is 6.08 Å². The highest BCUT2D eigenvalue weighted by Crippen LogP contribution is 2.29. The number of para-hydroxylation sites is 2. The molecule has 0 saturated heterocycles. The predicted molar refractivity (Wildman–Crippen MR) is 106 cm³/mol. The lowest BCUT2D eigenvalue weighted by Crippen LogP contribution is -2.06. The molecule has 0 bridgehead atoms. The van der Waals surface area contributed by atoms with E-state index in [0.29, 0.717) is 10.0 Å². The van der Waals surface area contributed by atoms with Crippen molar-refractivity contribution >= 4 is 57.0 Å². The Morgan fingerprint density at radius 3 is 2.04 bits per heavy atom. The second-order valence-electron chi connectivity index (χ2n) is 5.71. The van der Waals surface area contributed by atoms with Gasteiger partial charge in [0.2, 0.25) is 0 Å². The van der Waals surface area contributed by atoms with Gasteiger partial charge in [-0.05, 0) is 35.9 Å². The minimum absolute atomic E-state index is 0.122. The number of rotatable bonds is 2. The summed E-state index contributed by atoms with van der Waals surface area (Å²) in [6, 6.07) is 21.0. The maximum atomic E-state index is 12.9. The Labute approximate surface area is 154 Å². The highest BCUT2D eigenvalue weighted by molar-refractivity contribution is 6.35. The zero-order valence-corrected chi connectivity index (χ0v) is 14.6. The second kappa shape index (κ2) is 6.40. The Hall–Kier alpha value is -2.55. The molecule has 0 spiro atoms. The van der Waals surface area contributed by atoms with Gasteiger partial charge in [0.25, 0.3) is 5.91 Å². The van der Waals surface area contributed by atoms with Crippen LogP contribution >= 0.6 is 23.2 Å². The summed E-state index contributed by atoms with van der Waals surface area (Å²) in [4.78, 5) is 12.9. The topological polar surface area (TPSA) is 22.0 Å². The molecule has 0 aliphatic rings. The van der Waals surface area contributed by atoms with Crippen LogP contribution in [0.15, 0.2) is 72.8 Å². The molecule has 0 unspecified atom stereocenters. The zero-order valence-electron chi connectivity index (χ0n) is 13.1. The van der Waals surface area contributed by atoms with Gasteiger partial charge in [-0.1, -0.05) is 65.7 Å². The molecule has 25 heavy (non-hydrogen) atoms. The van der Waals surface area contributed by atoms with Crippen LogP contribution in [-0.4, -0.2) is 10.5 Å². The van der Waals surface area contributed by atoms with Gasteiger partial charge in [0.05, 0.1) is 11.0 Å². The molecule has 1 aromatic heterocycles. The normalized spacial score (nSPS) is 11.6. The molecule has 0 atom stereocenters. The standard InChI is InChI=1S/C21H13Cl2NO/c22-15-11-9-14(18(23)13-15)10-12-21(25)24-19-7-3-1-5-16(19)17-6-2-4-8-20(17)24/h1-13H. The van der Waals surface area contributed by atoms with Crippen molar-refractivity contribution in [2.45, 2.75) is 0 Å². The van der Waals surface area contributed by atoms with Gasteiger partial charge in [-0.15, -0.1) is 0 Å². The van der Waals surface area contributed by atoms with Crippen molar-refractivity contribution in [3.63, 3.8) is 0 Å². The molecular weight excluding hydrogens is 353 g/mol. The van der Waals surface area contributed by atoms with E-state index >= 15 is 0 Å². The van der Waals surface area contributed by atoms with Crippen molar-refractivity contribution in [2.24, 2.45) is 0 Å². The lowest BCUT2D eigenvalue weighted by atomic mass is 10.2. The van der Waals surface area contributed by atoms with Gasteiger partial charge in [-0.25, -0.2) is 0 Å². The number of carbonyl (C=O) groups is 1. The summed E-state index contributed by atoms with van der Waals surface area (Å²) in [5.41, 5.74) is 2.53. The SMILES string of the molecule is O=C(C=Cc1ccc(Cl)cc1Cl)n1c2ccccc2c2ccccc21. The van der Waals surface area contributed by atoms with Crippen molar-refractivity contribution in [2.75, 3.05) is 0 Å². The Bertz CT molecular complexity index is 1090. The molecular formula is C21H13Cl2NO. The van der Waals surface area contributed by atoms with E-state index in [0.717, 1.165) is 27.4 Å². The first-order chi connectivity index (χ1) is 12.1. The molecule has 2 nitrogen and oxygen atoms in total. The van der Waals surface area contributed by atoms with E-state index in [9.17, 15) is 4.79 Å². The van der Waals surface area contributed by atoms with Gasteiger partial charge < -0.3 is 0 Å². The second-order valence-corrected chi connectivity index (χ2v) is 6.55. The van der Waals surface area contributed by atoms with Crippen LogP contribution in [0.2, 0.25) is 10.0 Å². The molecule has 0 amide bonds. The summed E-state index contributed by atoms with van der Waals surface area (Å²) >= 11 is 12.1. The predicted octanol–water partition coefficient (Wildman–Crippen LogP) is 6.45. The van der Waals surface area contributed by atoms with Gasteiger partial charge in [0.15, 0.2) is 0 Å². The summed E-state index contributed by atoms with van der Waals surface area (Å²) in [5, 5.41) is 3.20. The van der Waals surface area contributed by atoms with Crippen LogP contribution in [0.1, 0.15) is 10.4 Å². The lowest BCUT2D eigenvalue weighted by Gasteiger charge is -2.03. The molecule has 0 aliphatic heterocycles. The summed E-state index contributed by atoms with van der Waals surface area (Å²) in [5.74, 6) is -0.122. The van der Waals surface area contributed by atoms with Crippen molar-refractivity contribution in [3.05, 3.63) is 88.4 Å². The molecule has 4 heteroatoms. The monoisotopic (exact) mass is 365 g/mol. The molecule has 122 valence electrons. The first kappa shape index (κ1) is 15.9. The van der Waals surface area contributed by atoms with Crippen LogP contribution in [-0.2, 0) is 0 Å². The third kappa shape index (κ3) is 2.84. The number of hydrogen-bond acceptors (Lipinski definition) is 1. The highest BCUT2D eigenvalue weighted by Gasteiger charge is 2.13. The minimum Gasteiger partial charge on any atom is -0.276 e. The van der Waals surface area contributed by atoms with Crippen molar-refractivity contribution in [3.8, 4) is 0 Å². The number of hydrogen-bond donors (Lipinski definition) is 0. The minimum atomic E-state index is -0.122. The molecule has 0 saturated carbocycles. The van der Waals surface area contributed by atoms with E-state index in [-0.39, 0.29) is 5.91 Å². The number of allylic oxidation sites excluding steroid dienone is 1. The average Bonchev–Trinajstić information content (AvgIpc) is 2.95. The van der Waals surface area contributed by atoms with E-state index in [2.05, 4.69) is 0 Å². The zero-order chi connectivity index (χ0) is 17.4. The maximum absolute atomic E-state index is 12.9. The van der Waals surface area contributed by atoms with Gasteiger partial charge in [0, 0.05) is 26.9 Å². The maximum Gasteiger partial charge on any atom is 0.255 e. The molecule has 4 rings (SSSR count). The summed E-state index contributed by atoms with van der Waals surface area (Å²) in [6.07, 6.45) is 3.25. The van der Waals surface area contributed by atoms with E-state index < -0.39 is 0 Å². The quantitative estimate of drug-likeness (QED) is 0.374. The molecule has 0 radical (unpaired) electrons. The largest absolute Gasteiger partial charge is 0.276 e. The Morgan fingerprint density at radius 2 is 1.44 bits per heavy atom. The fourth-order valence-electron chi connectivity index (χ4n) is 3.03. The Kier molecular flexibility index (Phi) is 4.08. The molecule has 3 aromatic carbocycles. The first-order valence-electron chi connectivity index (χ1n) is 7.81. The molecule has 1 heterocycles. The van der Waals surface area contributed by atoms with Crippen LogP contribution in [0, 0.1) is 0 Å². The van der Waals surface area contributed by atoms with Crippen LogP contribution in [0.5, 0.6) is 0 Å². The summed E-state index contributed by atoms with van der Waals surface area (Å²) < 4.78 is 1.73. The molecule has 0 fully saturated rings. The van der Waals surface area contributed by atoms with Gasteiger partial charge in [0.1, 0.15) is 0 Å². The lowest BCUT2D eigenvalue weighted by molar-refractivity contribution is 0.0979. The highest BCUT2D eigenvalue weighted by atomic mass is 35.5. The number of benzene rings is 3. The third-order valence-electron chi connectivity index (χ3n) is 4.17. The van der Waals surface area contributed by atoms with E-state index in [4.69, 9.17) is 23.2 Å². The summed E-state index contributed by atoms with van der Waals surface area (Å²) in [6.45, 7) is 0. The van der Waals surface area contributed by atoms with E-state index in [1.807, 2.05) is 48.5 Å². The van der Waals surface area contributed by atoms with Crippen molar-refractivity contribution in [1.29, 1.82) is 0 Å². The number of fused-ring (bicyclic) bond motifs is 3. The van der Waals surface area contributed by atoms with Crippen LogP contribution in [0.4, 0.5) is 0 Å². The fraction of sp³-hybridized carbons (Fsp3) is 0. The van der Waals surface area contributed by atoms with Crippen molar-refractivity contribution in [1.82, 2.24) is 4.57 Å². The van der Waals surface area contributed by atoms with Crippen LogP contribution in [0.3, 0.4) is 0 Å². The van der Waals surface area contributed by atoms with Gasteiger partial charge in [-0.3, -0.25) is 9.36 Å². The van der Waals surface area contributed by atoms with Crippen molar-refractivity contribution < 1.29 is 4.79 Å². The van der Waals surface area contributed by atoms with E-state index in [1.54, 1.807) is 28.8 Å².